The first kappa shape index (κ1) is 16.7. The summed E-state index contributed by atoms with van der Waals surface area (Å²) in [5.41, 5.74) is 2.14. The van der Waals surface area contributed by atoms with Gasteiger partial charge in [0.05, 0.1) is 0 Å². The first-order chi connectivity index (χ1) is 11.5. The number of carbonyl (C=O) groups is 1. The summed E-state index contributed by atoms with van der Waals surface area (Å²) < 4.78 is 1.86. The van der Waals surface area contributed by atoms with Crippen LogP contribution in [0.2, 0.25) is 0 Å². The molecule has 0 aliphatic carbocycles. The number of piperidine rings is 1. The number of nitrogens with zero attached hydrogens (tertiary/aromatic N) is 4. The Kier molecular flexibility index (Phi) is 4.71. The van der Waals surface area contributed by atoms with Crippen LogP contribution in [0.4, 0.5) is 0 Å². The van der Waals surface area contributed by atoms with Crippen molar-refractivity contribution in [2.45, 2.75) is 31.8 Å². The van der Waals surface area contributed by atoms with Crippen molar-refractivity contribution in [1.82, 2.24) is 19.6 Å². The maximum Gasteiger partial charge on any atom is 0.250 e. The van der Waals surface area contributed by atoms with E-state index in [-0.39, 0.29) is 5.91 Å². The third-order valence-corrected chi connectivity index (χ3v) is 5.09. The highest BCUT2D eigenvalue weighted by Crippen LogP contribution is 2.32. The summed E-state index contributed by atoms with van der Waals surface area (Å²) in [7, 11) is 3.65. The lowest BCUT2D eigenvalue weighted by atomic mass is 9.86. The van der Waals surface area contributed by atoms with Crippen molar-refractivity contribution in [3.63, 3.8) is 0 Å². The van der Waals surface area contributed by atoms with E-state index in [1.165, 1.54) is 11.1 Å². The zero-order chi connectivity index (χ0) is 17.2. The summed E-state index contributed by atoms with van der Waals surface area (Å²) >= 11 is 0. The predicted octanol–water partition coefficient (Wildman–Crippen LogP) is 2.27. The lowest BCUT2D eigenvalue weighted by Gasteiger charge is -2.42. The van der Waals surface area contributed by atoms with Crippen LogP contribution in [-0.2, 0) is 16.9 Å². The number of rotatable bonds is 4. The minimum atomic E-state index is -0.546. The molecule has 128 valence electrons. The fourth-order valence-corrected chi connectivity index (χ4v) is 3.59. The number of benzene rings is 1. The Balaban J connectivity index is 1.75. The van der Waals surface area contributed by atoms with E-state index in [0.717, 1.165) is 32.5 Å². The van der Waals surface area contributed by atoms with Crippen molar-refractivity contribution in [1.29, 1.82) is 0 Å². The molecule has 0 bridgehead atoms. The van der Waals surface area contributed by atoms with Crippen LogP contribution in [0.25, 0.3) is 0 Å². The van der Waals surface area contributed by atoms with Crippen LogP contribution >= 0.6 is 0 Å². The van der Waals surface area contributed by atoms with Crippen LogP contribution in [0.15, 0.2) is 42.7 Å². The number of carbonyl (C=O) groups excluding carboxylic acids is 1. The van der Waals surface area contributed by atoms with Crippen molar-refractivity contribution in [2.75, 3.05) is 27.2 Å². The van der Waals surface area contributed by atoms with Gasteiger partial charge >= 0.3 is 0 Å². The summed E-state index contributed by atoms with van der Waals surface area (Å²) in [5, 5.41) is 4.39. The molecule has 1 aliphatic heterocycles. The minimum Gasteiger partial charge on any atom is -0.347 e. The molecule has 1 saturated heterocycles. The maximum absolute atomic E-state index is 12.9. The van der Waals surface area contributed by atoms with Crippen LogP contribution in [0.1, 0.15) is 24.0 Å². The highest BCUT2D eigenvalue weighted by Gasteiger charge is 2.44. The van der Waals surface area contributed by atoms with Gasteiger partial charge in [-0.1, -0.05) is 24.3 Å². The Hall–Kier alpha value is -2.14. The van der Waals surface area contributed by atoms with Gasteiger partial charge in [0.25, 0.3) is 0 Å². The highest BCUT2D eigenvalue weighted by molar-refractivity contribution is 5.84. The molecule has 0 spiro atoms. The molecule has 0 unspecified atom stereocenters. The second-order valence-corrected chi connectivity index (χ2v) is 6.88. The Morgan fingerprint density at radius 3 is 2.50 bits per heavy atom. The fraction of sp³-hybridized carbons (Fsp3) is 0.474. The summed E-state index contributed by atoms with van der Waals surface area (Å²) in [5.74, 6) is 0.141. The molecular weight excluding hydrogens is 300 g/mol. The molecule has 0 atom stereocenters. The van der Waals surface area contributed by atoms with E-state index in [9.17, 15) is 4.79 Å². The van der Waals surface area contributed by atoms with Crippen LogP contribution in [0.3, 0.4) is 0 Å². The van der Waals surface area contributed by atoms with Crippen LogP contribution in [-0.4, -0.2) is 52.7 Å². The lowest BCUT2D eigenvalue weighted by Crippen LogP contribution is -2.54. The van der Waals surface area contributed by atoms with E-state index < -0.39 is 5.54 Å². The van der Waals surface area contributed by atoms with Gasteiger partial charge in [-0.2, -0.15) is 5.10 Å². The van der Waals surface area contributed by atoms with E-state index in [1.54, 1.807) is 11.1 Å². The molecular formula is C19H26N4O. The zero-order valence-corrected chi connectivity index (χ0v) is 14.8. The van der Waals surface area contributed by atoms with Gasteiger partial charge < -0.3 is 4.90 Å². The molecule has 1 aromatic heterocycles. The van der Waals surface area contributed by atoms with Gasteiger partial charge in [-0.25, -0.2) is 0 Å². The van der Waals surface area contributed by atoms with Crippen LogP contribution < -0.4 is 0 Å². The quantitative estimate of drug-likeness (QED) is 0.865. The van der Waals surface area contributed by atoms with Gasteiger partial charge in [0, 0.05) is 46.1 Å². The molecule has 2 heterocycles. The topological polar surface area (TPSA) is 41.4 Å². The largest absolute Gasteiger partial charge is 0.347 e. The standard InChI is InChI=1S/C19H26N4O/c1-16-7-4-5-8-17(16)15-22-13-9-19(10-14-22,18(24)21(2)3)23-12-6-11-20-23/h4-8,11-12H,9-10,13-15H2,1-3H3. The van der Waals surface area contributed by atoms with Crippen LogP contribution in [0.5, 0.6) is 0 Å². The number of hydrogen-bond acceptors (Lipinski definition) is 3. The Morgan fingerprint density at radius 1 is 1.21 bits per heavy atom. The third-order valence-electron chi connectivity index (χ3n) is 5.09. The van der Waals surface area contributed by atoms with E-state index >= 15 is 0 Å². The van der Waals surface area contributed by atoms with Gasteiger partial charge in [0.15, 0.2) is 0 Å². The SMILES string of the molecule is Cc1ccccc1CN1CCC(C(=O)N(C)C)(n2cccn2)CC1. The van der Waals surface area contributed by atoms with Crippen molar-refractivity contribution < 1.29 is 4.79 Å². The molecule has 1 aliphatic rings. The normalized spacial score (nSPS) is 17.6. The van der Waals surface area contributed by atoms with Gasteiger partial charge in [0.1, 0.15) is 5.54 Å². The highest BCUT2D eigenvalue weighted by atomic mass is 16.2. The average molecular weight is 326 g/mol. The monoisotopic (exact) mass is 326 g/mol. The van der Waals surface area contributed by atoms with Gasteiger partial charge in [-0.15, -0.1) is 0 Å². The smallest absolute Gasteiger partial charge is 0.250 e. The Morgan fingerprint density at radius 2 is 1.92 bits per heavy atom. The Bertz CT molecular complexity index is 685. The molecule has 1 fully saturated rings. The molecule has 5 heteroatoms. The number of aromatic nitrogens is 2. The predicted molar refractivity (Wildman–Crippen MR) is 94.6 cm³/mol. The lowest BCUT2D eigenvalue weighted by molar-refractivity contribution is -0.141. The van der Waals surface area contributed by atoms with E-state index in [4.69, 9.17) is 0 Å². The van der Waals surface area contributed by atoms with Gasteiger partial charge in [-0.05, 0) is 37.0 Å². The Labute approximate surface area is 143 Å². The second kappa shape index (κ2) is 6.77. The molecule has 3 rings (SSSR count). The second-order valence-electron chi connectivity index (χ2n) is 6.88. The average Bonchev–Trinajstić information content (AvgIpc) is 3.12. The maximum atomic E-state index is 12.9. The molecule has 2 aromatic rings. The van der Waals surface area contributed by atoms with E-state index in [0.29, 0.717) is 0 Å². The molecule has 0 saturated carbocycles. The van der Waals surface area contributed by atoms with Gasteiger partial charge in [-0.3, -0.25) is 14.4 Å². The molecule has 5 nitrogen and oxygen atoms in total. The summed E-state index contributed by atoms with van der Waals surface area (Å²) in [6.45, 7) is 4.89. The van der Waals surface area contributed by atoms with Crippen molar-refractivity contribution in [3.05, 3.63) is 53.9 Å². The molecule has 1 aromatic carbocycles. The molecule has 1 amide bonds. The number of likely N-dealkylation sites (N-methyl/N-ethyl adjacent to an activating group) is 1. The molecule has 24 heavy (non-hydrogen) atoms. The summed E-state index contributed by atoms with van der Waals surface area (Å²) in [6.07, 6.45) is 5.25. The van der Waals surface area contributed by atoms with E-state index in [1.807, 2.05) is 31.0 Å². The third kappa shape index (κ3) is 3.08. The first-order valence-corrected chi connectivity index (χ1v) is 8.52. The number of likely N-dealkylation sites (tertiary alicyclic amines) is 1. The number of aryl methyl sites for hydroxylation is 1. The van der Waals surface area contributed by atoms with E-state index in [2.05, 4.69) is 41.2 Å². The van der Waals surface area contributed by atoms with Gasteiger partial charge in [0.2, 0.25) is 5.91 Å². The number of hydrogen-bond donors (Lipinski definition) is 0. The molecule has 0 N–H and O–H groups in total. The van der Waals surface area contributed by atoms with Crippen molar-refractivity contribution in [3.8, 4) is 0 Å². The van der Waals surface area contributed by atoms with Crippen molar-refractivity contribution in [2.24, 2.45) is 0 Å². The van der Waals surface area contributed by atoms with Crippen LogP contribution in [0, 0.1) is 6.92 Å². The summed E-state index contributed by atoms with van der Waals surface area (Å²) in [6, 6.07) is 10.4. The fourth-order valence-electron chi connectivity index (χ4n) is 3.59. The van der Waals surface area contributed by atoms with Crippen molar-refractivity contribution >= 4 is 5.91 Å². The molecule has 0 radical (unpaired) electrons. The zero-order valence-electron chi connectivity index (χ0n) is 14.8. The number of amides is 1. The summed E-state index contributed by atoms with van der Waals surface area (Å²) in [4.78, 5) is 17.0. The minimum absolute atomic E-state index is 0.141. The first-order valence-electron chi connectivity index (χ1n) is 8.52.